The number of ether oxygens (including phenoxy) is 1. The van der Waals surface area contributed by atoms with Gasteiger partial charge in [-0.05, 0) is 23.6 Å². The second-order valence-electron chi connectivity index (χ2n) is 9.01. The van der Waals surface area contributed by atoms with Crippen molar-refractivity contribution in [2.24, 2.45) is 13.0 Å². The number of amides is 1. The van der Waals surface area contributed by atoms with Crippen molar-refractivity contribution in [2.45, 2.75) is 31.5 Å². The van der Waals surface area contributed by atoms with Crippen LogP contribution in [0.2, 0.25) is 0 Å². The minimum atomic E-state index is -4.59. The molecule has 8 nitrogen and oxygen atoms in total. The summed E-state index contributed by atoms with van der Waals surface area (Å²) in [6.45, 7) is 0.717. The summed E-state index contributed by atoms with van der Waals surface area (Å²) >= 11 is 0. The van der Waals surface area contributed by atoms with Gasteiger partial charge in [0.25, 0.3) is 11.8 Å². The van der Waals surface area contributed by atoms with Crippen LogP contribution in [0, 0.1) is 5.92 Å². The van der Waals surface area contributed by atoms with Crippen molar-refractivity contribution in [3.63, 3.8) is 0 Å². The van der Waals surface area contributed by atoms with Gasteiger partial charge in [0.1, 0.15) is 5.75 Å². The zero-order chi connectivity index (χ0) is 27.0. The molecule has 37 heavy (non-hydrogen) atoms. The number of benzene rings is 1. The number of hydrogen-bond acceptors (Lipinski definition) is 6. The number of alkyl halides is 5. The van der Waals surface area contributed by atoms with E-state index in [0.717, 1.165) is 4.90 Å². The third kappa shape index (κ3) is 5.81. The molecular weight excluding hydrogens is 499 g/mol. The lowest BCUT2D eigenvalue weighted by atomic mass is 9.88. The van der Waals surface area contributed by atoms with Crippen molar-refractivity contribution in [2.75, 3.05) is 25.5 Å². The Hall–Kier alpha value is -3.77. The van der Waals surface area contributed by atoms with Gasteiger partial charge >= 0.3 is 6.18 Å². The van der Waals surface area contributed by atoms with E-state index in [1.807, 2.05) is 0 Å². The molecule has 0 bridgehead atoms. The van der Waals surface area contributed by atoms with E-state index in [9.17, 15) is 26.7 Å². The van der Waals surface area contributed by atoms with Crippen LogP contribution < -0.4 is 10.1 Å². The smallest absolute Gasteiger partial charge is 0.419 e. The summed E-state index contributed by atoms with van der Waals surface area (Å²) in [5.41, 5.74) is 0.0587. The zero-order valence-electron chi connectivity index (χ0n) is 20.3. The molecule has 0 spiro atoms. The number of hydrogen-bond donors (Lipinski definition) is 1. The molecule has 2 aromatic heterocycles. The fourth-order valence-electron chi connectivity index (χ4n) is 4.42. The van der Waals surface area contributed by atoms with Crippen LogP contribution in [0.5, 0.6) is 5.75 Å². The molecule has 1 aromatic carbocycles. The number of carbonyl (C=O) groups is 1. The molecule has 13 heteroatoms. The number of rotatable bonds is 6. The highest BCUT2D eigenvalue weighted by Gasteiger charge is 2.47. The summed E-state index contributed by atoms with van der Waals surface area (Å²) < 4.78 is 74.3. The van der Waals surface area contributed by atoms with E-state index in [-0.39, 0.29) is 18.2 Å². The largest absolute Gasteiger partial charge is 0.497 e. The Labute approximate surface area is 209 Å². The highest BCUT2D eigenvalue weighted by molar-refractivity contribution is 5.99. The van der Waals surface area contributed by atoms with E-state index in [4.69, 9.17) is 4.74 Å². The van der Waals surface area contributed by atoms with Gasteiger partial charge in [-0.3, -0.25) is 9.48 Å². The van der Waals surface area contributed by atoms with Crippen LogP contribution >= 0.6 is 0 Å². The Balaban J connectivity index is 1.62. The number of anilines is 1. The minimum Gasteiger partial charge on any atom is -0.497 e. The number of aromatic nitrogens is 4. The summed E-state index contributed by atoms with van der Waals surface area (Å²) in [5, 5.41) is 7.05. The maximum absolute atomic E-state index is 14.6. The lowest BCUT2D eigenvalue weighted by Gasteiger charge is -2.43. The Morgan fingerprint density at radius 3 is 2.59 bits per heavy atom. The van der Waals surface area contributed by atoms with Crippen molar-refractivity contribution in [3.8, 4) is 16.9 Å². The molecule has 1 fully saturated rings. The standard InChI is InChI=1S/C24H25F5N6O2/c1-14-8-23(25,26)13-35(19(14)11-32-22-30-9-16(10-31-22)24(27,28)29)21(36)20-18(12-34(2)33-20)15-5-4-6-17(7-15)37-3/h4-7,9-10,12,14,19H,8,11,13H2,1-3H3,(H,30,31,32)/t14-,19-/m1/s1. The summed E-state index contributed by atoms with van der Waals surface area (Å²) in [4.78, 5) is 22.1. The Bertz CT molecular complexity index is 1260. The molecule has 2 atom stereocenters. The fraction of sp³-hybridized carbons (Fsp3) is 0.417. The molecule has 3 aromatic rings. The predicted molar refractivity (Wildman–Crippen MR) is 124 cm³/mol. The minimum absolute atomic E-state index is 0.00330. The lowest BCUT2D eigenvalue weighted by molar-refractivity contribution is -0.138. The maximum Gasteiger partial charge on any atom is 0.419 e. The van der Waals surface area contributed by atoms with Gasteiger partial charge in [0, 0.05) is 44.2 Å². The monoisotopic (exact) mass is 524 g/mol. The number of likely N-dealkylation sites (tertiary alicyclic amines) is 1. The number of carbonyl (C=O) groups excluding carboxylic acids is 1. The third-order valence-corrected chi connectivity index (χ3v) is 6.20. The van der Waals surface area contributed by atoms with E-state index in [1.54, 1.807) is 44.4 Å². The van der Waals surface area contributed by atoms with E-state index in [0.29, 0.717) is 29.3 Å². The van der Waals surface area contributed by atoms with Crippen LogP contribution in [0.15, 0.2) is 42.9 Å². The van der Waals surface area contributed by atoms with Gasteiger partial charge in [-0.2, -0.15) is 18.3 Å². The van der Waals surface area contributed by atoms with Gasteiger partial charge in [0.05, 0.1) is 25.3 Å². The topological polar surface area (TPSA) is 85.2 Å². The van der Waals surface area contributed by atoms with Gasteiger partial charge in [-0.25, -0.2) is 18.7 Å². The average Bonchev–Trinajstić information content (AvgIpc) is 3.23. The molecule has 1 saturated heterocycles. The van der Waals surface area contributed by atoms with E-state index in [1.165, 1.54) is 11.8 Å². The second-order valence-corrected chi connectivity index (χ2v) is 9.01. The first-order valence-corrected chi connectivity index (χ1v) is 11.4. The lowest BCUT2D eigenvalue weighted by Crippen LogP contribution is -2.57. The SMILES string of the molecule is COc1cccc(-c2cn(C)nc2C(=O)N2CC(F)(F)C[C@@H](C)[C@H]2CNc2ncc(C(F)(F)F)cn2)c1. The van der Waals surface area contributed by atoms with Crippen LogP contribution in [0.25, 0.3) is 11.1 Å². The fourth-order valence-corrected chi connectivity index (χ4v) is 4.42. The molecule has 1 aliphatic rings. The molecule has 1 amide bonds. The summed E-state index contributed by atoms with van der Waals surface area (Å²) in [5.74, 6) is -4.01. The number of methoxy groups -OCH3 is 1. The summed E-state index contributed by atoms with van der Waals surface area (Å²) in [6.07, 6.45) is -2.16. The number of nitrogens with one attached hydrogen (secondary N) is 1. The van der Waals surface area contributed by atoms with Gasteiger partial charge in [0.2, 0.25) is 5.95 Å². The van der Waals surface area contributed by atoms with Gasteiger partial charge < -0.3 is 15.0 Å². The molecular formula is C24H25F5N6O2. The van der Waals surface area contributed by atoms with Crippen LogP contribution in [0.4, 0.5) is 27.9 Å². The second kappa shape index (κ2) is 9.94. The highest BCUT2D eigenvalue weighted by atomic mass is 19.4. The highest BCUT2D eigenvalue weighted by Crippen LogP contribution is 2.36. The van der Waals surface area contributed by atoms with E-state index < -0.39 is 48.5 Å². The van der Waals surface area contributed by atoms with Crippen molar-refractivity contribution >= 4 is 11.9 Å². The van der Waals surface area contributed by atoms with Crippen LogP contribution in [-0.2, 0) is 13.2 Å². The maximum atomic E-state index is 14.6. The van der Waals surface area contributed by atoms with Gasteiger partial charge in [-0.15, -0.1) is 0 Å². The quantitative estimate of drug-likeness (QED) is 0.478. The molecule has 4 rings (SSSR count). The molecule has 3 heterocycles. The van der Waals surface area contributed by atoms with Crippen molar-refractivity contribution in [1.82, 2.24) is 24.6 Å². The average molecular weight is 524 g/mol. The Morgan fingerprint density at radius 2 is 1.95 bits per heavy atom. The summed E-state index contributed by atoms with van der Waals surface area (Å²) in [6, 6.07) is 6.22. The number of piperidine rings is 1. The Kier molecular flexibility index (Phi) is 7.07. The van der Waals surface area contributed by atoms with Crippen molar-refractivity contribution in [3.05, 3.63) is 54.1 Å². The first kappa shape index (κ1) is 26.3. The van der Waals surface area contributed by atoms with Gasteiger partial charge in [0.15, 0.2) is 5.69 Å². The molecule has 0 unspecified atom stereocenters. The molecule has 1 aliphatic heterocycles. The van der Waals surface area contributed by atoms with Crippen LogP contribution in [0.1, 0.15) is 29.4 Å². The summed E-state index contributed by atoms with van der Waals surface area (Å²) in [7, 11) is 3.12. The van der Waals surface area contributed by atoms with E-state index >= 15 is 0 Å². The van der Waals surface area contributed by atoms with Crippen molar-refractivity contribution in [1.29, 1.82) is 0 Å². The van der Waals surface area contributed by atoms with E-state index in [2.05, 4.69) is 20.4 Å². The molecule has 0 saturated carbocycles. The number of aryl methyl sites for hydroxylation is 1. The van der Waals surface area contributed by atoms with Crippen LogP contribution in [0.3, 0.4) is 0 Å². The molecule has 0 radical (unpaired) electrons. The Morgan fingerprint density at radius 1 is 1.24 bits per heavy atom. The first-order chi connectivity index (χ1) is 17.4. The normalized spacial score (nSPS) is 19.5. The number of halogens is 5. The molecule has 198 valence electrons. The van der Waals surface area contributed by atoms with Crippen molar-refractivity contribution < 1.29 is 31.5 Å². The zero-order valence-corrected chi connectivity index (χ0v) is 20.3. The van der Waals surface area contributed by atoms with Crippen LogP contribution in [-0.4, -0.2) is 62.7 Å². The van der Waals surface area contributed by atoms with Gasteiger partial charge in [-0.1, -0.05) is 19.1 Å². The first-order valence-electron chi connectivity index (χ1n) is 11.4. The molecule has 1 N–H and O–H groups in total. The predicted octanol–water partition coefficient (Wildman–Crippen LogP) is 4.50. The molecule has 0 aliphatic carbocycles. The third-order valence-electron chi connectivity index (χ3n) is 6.20. The number of nitrogens with zero attached hydrogens (tertiary/aromatic N) is 5.